The number of nitrogens with one attached hydrogen (secondary N) is 2. The number of carbonyl (C=O) groups is 1. The molecule has 0 aliphatic heterocycles. The Morgan fingerprint density at radius 3 is 2.62 bits per heavy atom. The predicted molar refractivity (Wildman–Crippen MR) is 95.0 cm³/mol. The highest BCUT2D eigenvalue weighted by Gasteiger charge is 2.10. The van der Waals surface area contributed by atoms with E-state index in [0.717, 1.165) is 22.4 Å². The van der Waals surface area contributed by atoms with E-state index in [9.17, 15) is 4.79 Å². The molecule has 2 aromatic carbocycles. The molecule has 0 aliphatic rings. The number of H-pyrrole nitrogens is 1. The molecule has 5 nitrogen and oxygen atoms in total. The van der Waals surface area contributed by atoms with Gasteiger partial charge in [-0.3, -0.25) is 9.89 Å². The van der Waals surface area contributed by atoms with E-state index in [4.69, 9.17) is 0 Å². The number of hydrogen-bond donors (Lipinski definition) is 2. The molecule has 120 valence electrons. The summed E-state index contributed by atoms with van der Waals surface area (Å²) in [6.45, 7) is 4.03. The molecule has 0 spiro atoms. The zero-order valence-electron chi connectivity index (χ0n) is 13.6. The molecule has 3 aromatic rings. The van der Waals surface area contributed by atoms with Crippen LogP contribution in [0.3, 0.4) is 0 Å². The molecule has 24 heavy (non-hydrogen) atoms. The van der Waals surface area contributed by atoms with Crippen molar-refractivity contribution >= 4 is 12.1 Å². The molecule has 1 aromatic heterocycles. The average Bonchev–Trinajstić information content (AvgIpc) is 3.05. The third-order valence-electron chi connectivity index (χ3n) is 3.59. The summed E-state index contributed by atoms with van der Waals surface area (Å²) in [5.41, 5.74) is 7.80. The lowest BCUT2D eigenvalue weighted by molar-refractivity contribution is 0.0950. The number of aromatic nitrogens is 2. The maximum atomic E-state index is 12.1. The lowest BCUT2D eigenvalue weighted by Crippen LogP contribution is -2.18. The van der Waals surface area contributed by atoms with Crippen LogP contribution < -0.4 is 5.43 Å². The molecule has 0 atom stereocenters. The van der Waals surface area contributed by atoms with Crippen molar-refractivity contribution in [3.05, 3.63) is 77.0 Å². The van der Waals surface area contributed by atoms with Crippen molar-refractivity contribution in [1.29, 1.82) is 0 Å². The molecule has 3 rings (SSSR count). The van der Waals surface area contributed by atoms with Crippen molar-refractivity contribution < 1.29 is 4.79 Å². The highest BCUT2D eigenvalue weighted by molar-refractivity contribution is 5.94. The highest BCUT2D eigenvalue weighted by atomic mass is 16.2. The predicted octanol–water partition coefficient (Wildman–Crippen LogP) is 3.46. The zero-order chi connectivity index (χ0) is 16.9. The summed E-state index contributed by atoms with van der Waals surface area (Å²) < 4.78 is 0. The van der Waals surface area contributed by atoms with Gasteiger partial charge >= 0.3 is 0 Å². The van der Waals surface area contributed by atoms with Crippen molar-refractivity contribution in [1.82, 2.24) is 15.6 Å². The van der Waals surface area contributed by atoms with Gasteiger partial charge in [-0.15, -0.1) is 0 Å². The second-order valence-corrected chi connectivity index (χ2v) is 5.65. The van der Waals surface area contributed by atoms with Gasteiger partial charge in [0.25, 0.3) is 5.91 Å². The maximum absolute atomic E-state index is 12.1. The van der Waals surface area contributed by atoms with E-state index >= 15 is 0 Å². The Labute approximate surface area is 140 Å². The third kappa shape index (κ3) is 3.76. The van der Waals surface area contributed by atoms with Gasteiger partial charge in [0.1, 0.15) is 5.69 Å². The Kier molecular flexibility index (Phi) is 4.52. The summed E-state index contributed by atoms with van der Waals surface area (Å²) >= 11 is 0. The van der Waals surface area contributed by atoms with Crippen LogP contribution in [0.5, 0.6) is 0 Å². The summed E-state index contributed by atoms with van der Waals surface area (Å²) in [5, 5.41) is 10.9. The first kappa shape index (κ1) is 15.7. The van der Waals surface area contributed by atoms with Gasteiger partial charge in [-0.05, 0) is 25.5 Å². The fourth-order valence-corrected chi connectivity index (χ4v) is 2.29. The van der Waals surface area contributed by atoms with Crippen LogP contribution in [-0.2, 0) is 0 Å². The minimum Gasteiger partial charge on any atom is -0.272 e. The summed E-state index contributed by atoms with van der Waals surface area (Å²) in [5.74, 6) is -0.329. The number of nitrogens with zero attached hydrogens (tertiary/aromatic N) is 2. The van der Waals surface area contributed by atoms with Crippen LogP contribution in [0.4, 0.5) is 0 Å². The molecule has 0 unspecified atom stereocenters. The average molecular weight is 318 g/mol. The second-order valence-electron chi connectivity index (χ2n) is 5.65. The lowest BCUT2D eigenvalue weighted by atomic mass is 10.1. The summed E-state index contributed by atoms with van der Waals surface area (Å²) in [7, 11) is 0. The van der Waals surface area contributed by atoms with Crippen LogP contribution in [0.2, 0.25) is 0 Å². The first-order chi connectivity index (χ1) is 11.6. The monoisotopic (exact) mass is 318 g/mol. The standard InChI is InChI=1S/C19H18N4O/c1-13-6-8-16(9-7-13)17-11-18(22-21-17)19(24)23-20-12-15-5-3-4-14(2)10-15/h3-12H,1-2H3,(H,21,22)(H,23,24)/b20-12+. The van der Waals surface area contributed by atoms with Crippen molar-refractivity contribution in [3.63, 3.8) is 0 Å². The van der Waals surface area contributed by atoms with E-state index in [0.29, 0.717) is 5.69 Å². The smallest absolute Gasteiger partial charge is 0.272 e. The number of aromatic amines is 1. The molecule has 5 heteroatoms. The Bertz CT molecular complexity index is 878. The van der Waals surface area contributed by atoms with Crippen molar-refractivity contribution in [3.8, 4) is 11.3 Å². The summed E-state index contributed by atoms with van der Waals surface area (Å²) in [4.78, 5) is 12.1. The number of hydrogen-bond acceptors (Lipinski definition) is 3. The number of carbonyl (C=O) groups excluding carboxylic acids is 1. The Morgan fingerprint density at radius 1 is 1.08 bits per heavy atom. The van der Waals surface area contributed by atoms with Crippen molar-refractivity contribution in [2.45, 2.75) is 13.8 Å². The van der Waals surface area contributed by atoms with Crippen LogP contribution in [0.25, 0.3) is 11.3 Å². The van der Waals surface area contributed by atoms with Gasteiger partial charge in [-0.2, -0.15) is 10.2 Å². The normalized spacial score (nSPS) is 10.9. The maximum Gasteiger partial charge on any atom is 0.289 e. The first-order valence-corrected chi connectivity index (χ1v) is 7.64. The van der Waals surface area contributed by atoms with Gasteiger partial charge in [0.15, 0.2) is 0 Å². The van der Waals surface area contributed by atoms with E-state index in [2.05, 4.69) is 20.7 Å². The van der Waals surface area contributed by atoms with Gasteiger partial charge in [-0.1, -0.05) is 59.7 Å². The molecule has 2 N–H and O–H groups in total. The number of rotatable bonds is 4. The van der Waals surface area contributed by atoms with Crippen LogP contribution in [0, 0.1) is 13.8 Å². The van der Waals surface area contributed by atoms with E-state index in [1.165, 1.54) is 5.56 Å². The first-order valence-electron chi connectivity index (χ1n) is 7.64. The van der Waals surface area contributed by atoms with Gasteiger partial charge in [0.05, 0.1) is 11.9 Å². The number of benzene rings is 2. The number of amides is 1. The third-order valence-corrected chi connectivity index (χ3v) is 3.59. The van der Waals surface area contributed by atoms with Crippen LogP contribution in [-0.4, -0.2) is 22.3 Å². The molecule has 1 amide bonds. The van der Waals surface area contributed by atoms with E-state index in [1.807, 2.05) is 62.4 Å². The fourth-order valence-electron chi connectivity index (χ4n) is 2.29. The molecule has 0 saturated carbocycles. The van der Waals surface area contributed by atoms with Gasteiger partial charge in [0, 0.05) is 5.56 Å². The topological polar surface area (TPSA) is 70.1 Å². The summed E-state index contributed by atoms with van der Waals surface area (Å²) in [6, 6.07) is 17.5. The molecule has 0 bridgehead atoms. The van der Waals surface area contributed by atoms with E-state index < -0.39 is 0 Å². The molecular weight excluding hydrogens is 300 g/mol. The zero-order valence-corrected chi connectivity index (χ0v) is 13.6. The SMILES string of the molecule is Cc1ccc(-c2cc(C(=O)N/N=C/c3cccc(C)c3)[nH]n2)cc1. The molecule has 0 radical (unpaired) electrons. The van der Waals surface area contributed by atoms with E-state index in [-0.39, 0.29) is 5.91 Å². The molecule has 0 fully saturated rings. The van der Waals surface area contributed by atoms with Crippen LogP contribution >= 0.6 is 0 Å². The van der Waals surface area contributed by atoms with Gasteiger partial charge < -0.3 is 0 Å². The number of aryl methyl sites for hydroxylation is 2. The minimum absolute atomic E-state index is 0.329. The van der Waals surface area contributed by atoms with E-state index in [1.54, 1.807) is 12.3 Å². The lowest BCUT2D eigenvalue weighted by Gasteiger charge is -1.97. The summed E-state index contributed by atoms with van der Waals surface area (Å²) in [6.07, 6.45) is 1.61. The Balaban J connectivity index is 1.66. The second kappa shape index (κ2) is 6.91. The quantitative estimate of drug-likeness (QED) is 0.571. The number of hydrazone groups is 1. The largest absolute Gasteiger partial charge is 0.289 e. The highest BCUT2D eigenvalue weighted by Crippen LogP contribution is 2.18. The van der Waals surface area contributed by atoms with Gasteiger partial charge in [-0.25, -0.2) is 5.43 Å². The molecular formula is C19H18N4O. The fraction of sp³-hybridized carbons (Fsp3) is 0.105. The van der Waals surface area contributed by atoms with Crippen LogP contribution in [0.15, 0.2) is 59.7 Å². The van der Waals surface area contributed by atoms with Crippen LogP contribution in [0.1, 0.15) is 27.2 Å². The molecule has 1 heterocycles. The Morgan fingerprint density at radius 2 is 1.88 bits per heavy atom. The minimum atomic E-state index is -0.329. The molecule has 0 aliphatic carbocycles. The molecule has 0 saturated heterocycles. The van der Waals surface area contributed by atoms with Crippen molar-refractivity contribution in [2.75, 3.05) is 0 Å². The van der Waals surface area contributed by atoms with Crippen molar-refractivity contribution in [2.24, 2.45) is 5.10 Å². The van der Waals surface area contributed by atoms with Gasteiger partial charge in [0.2, 0.25) is 0 Å². The Hall–Kier alpha value is -3.21.